The Morgan fingerprint density at radius 3 is 2.62 bits per heavy atom. The van der Waals surface area contributed by atoms with Gasteiger partial charge < -0.3 is 9.30 Å². The molecule has 21 heavy (non-hydrogen) atoms. The van der Waals surface area contributed by atoms with E-state index in [-0.39, 0.29) is 10.9 Å². The van der Waals surface area contributed by atoms with Crippen LogP contribution in [0.4, 0.5) is 0 Å². The van der Waals surface area contributed by atoms with E-state index < -0.39 is 9.05 Å². The number of rotatable bonds is 5. The van der Waals surface area contributed by atoms with E-state index in [0.717, 1.165) is 5.69 Å². The minimum absolute atomic E-state index is 0.0581. The molecule has 0 atom stereocenters. The van der Waals surface area contributed by atoms with Crippen LogP contribution in [-0.4, -0.2) is 30.1 Å². The summed E-state index contributed by atoms with van der Waals surface area (Å²) in [6.07, 6.45) is 1.43. The number of ether oxygens (including phenoxy) is 1. The van der Waals surface area contributed by atoms with Crippen LogP contribution >= 0.6 is 10.7 Å². The van der Waals surface area contributed by atoms with Crippen LogP contribution in [0.15, 0.2) is 29.4 Å². The molecule has 0 radical (unpaired) electrons. The van der Waals surface area contributed by atoms with Gasteiger partial charge in [-0.1, -0.05) is 19.9 Å². The number of imidazole rings is 1. The van der Waals surface area contributed by atoms with Gasteiger partial charge >= 0.3 is 0 Å². The topological polar surface area (TPSA) is 74.1 Å². The third kappa shape index (κ3) is 3.74. The zero-order valence-electron chi connectivity index (χ0n) is 11.9. The number of hydrogen-bond donors (Lipinski definition) is 0. The maximum Gasteiger partial charge on any atom is 0.280 e. The largest absolute Gasteiger partial charge is 0.481 e. The Labute approximate surface area is 128 Å². The monoisotopic (exact) mass is 329 g/mol. The van der Waals surface area contributed by atoms with Crippen LogP contribution in [0, 0.1) is 0 Å². The number of nitrogens with zero attached hydrogens (tertiary/aromatic N) is 3. The Morgan fingerprint density at radius 2 is 2.05 bits per heavy atom. The summed E-state index contributed by atoms with van der Waals surface area (Å²) in [6, 6.07) is 5.41. The smallest absolute Gasteiger partial charge is 0.280 e. The molecule has 8 heteroatoms. The van der Waals surface area contributed by atoms with Gasteiger partial charge in [0.25, 0.3) is 9.05 Å². The van der Waals surface area contributed by atoms with Gasteiger partial charge in [-0.2, -0.15) is 0 Å². The van der Waals surface area contributed by atoms with Crippen molar-refractivity contribution in [3.05, 3.63) is 35.9 Å². The molecule has 2 rings (SSSR count). The molecular weight excluding hydrogens is 314 g/mol. The van der Waals surface area contributed by atoms with Crippen LogP contribution in [0.1, 0.15) is 31.3 Å². The SMILES string of the molecule is COc1cccc(Cn2cc(S(=O)(=O)Cl)nc2C(C)C)n1. The number of hydrogen-bond acceptors (Lipinski definition) is 5. The van der Waals surface area contributed by atoms with E-state index in [1.165, 1.54) is 6.20 Å². The molecule has 0 fully saturated rings. The van der Waals surface area contributed by atoms with E-state index in [0.29, 0.717) is 18.2 Å². The first kappa shape index (κ1) is 15.8. The van der Waals surface area contributed by atoms with Crippen LogP contribution in [0.2, 0.25) is 0 Å². The minimum Gasteiger partial charge on any atom is -0.481 e. The summed E-state index contributed by atoms with van der Waals surface area (Å²) < 4.78 is 29.7. The second-order valence-electron chi connectivity index (χ2n) is 4.83. The van der Waals surface area contributed by atoms with Gasteiger partial charge in [0, 0.05) is 28.9 Å². The molecule has 6 nitrogen and oxygen atoms in total. The van der Waals surface area contributed by atoms with Gasteiger partial charge in [-0.25, -0.2) is 18.4 Å². The lowest BCUT2D eigenvalue weighted by atomic mass is 10.2. The first-order valence-corrected chi connectivity index (χ1v) is 8.64. The highest BCUT2D eigenvalue weighted by atomic mass is 35.7. The van der Waals surface area contributed by atoms with E-state index in [4.69, 9.17) is 15.4 Å². The quantitative estimate of drug-likeness (QED) is 0.787. The molecule has 0 unspecified atom stereocenters. The van der Waals surface area contributed by atoms with Crippen molar-refractivity contribution in [2.24, 2.45) is 0 Å². The van der Waals surface area contributed by atoms with Crippen molar-refractivity contribution < 1.29 is 13.2 Å². The fraction of sp³-hybridized carbons (Fsp3) is 0.385. The molecule has 2 heterocycles. The molecule has 2 aromatic heterocycles. The zero-order valence-corrected chi connectivity index (χ0v) is 13.5. The maximum atomic E-state index is 11.4. The summed E-state index contributed by atoms with van der Waals surface area (Å²) in [5.74, 6) is 1.20. The van der Waals surface area contributed by atoms with Crippen LogP contribution in [-0.2, 0) is 15.6 Å². The van der Waals surface area contributed by atoms with Gasteiger partial charge in [0.15, 0.2) is 5.03 Å². The lowest BCUT2D eigenvalue weighted by molar-refractivity contribution is 0.395. The molecule has 0 aromatic carbocycles. The van der Waals surface area contributed by atoms with Gasteiger partial charge in [-0.3, -0.25) is 0 Å². The Hall–Kier alpha value is -1.60. The van der Waals surface area contributed by atoms with Crippen molar-refractivity contribution >= 4 is 19.7 Å². The summed E-state index contributed by atoms with van der Waals surface area (Å²) in [5, 5.41) is -0.143. The molecule has 0 saturated carbocycles. The van der Waals surface area contributed by atoms with E-state index >= 15 is 0 Å². The summed E-state index contributed by atoms with van der Waals surface area (Å²) in [4.78, 5) is 8.41. The molecule has 0 aliphatic rings. The van der Waals surface area contributed by atoms with E-state index in [9.17, 15) is 8.42 Å². The van der Waals surface area contributed by atoms with Crippen molar-refractivity contribution in [3.8, 4) is 5.88 Å². The van der Waals surface area contributed by atoms with Crippen LogP contribution < -0.4 is 4.74 Å². The minimum atomic E-state index is -3.85. The molecule has 0 bridgehead atoms. The van der Waals surface area contributed by atoms with Crippen molar-refractivity contribution in [2.75, 3.05) is 7.11 Å². The molecule has 0 saturated heterocycles. The maximum absolute atomic E-state index is 11.4. The zero-order chi connectivity index (χ0) is 15.6. The summed E-state index contributed by atoms with van der Waals surface area (Å²) in [5.41, 5.74) is 0.743. The van der Waals surface area contributed by atoms with Gasteiger partial charge in [0.05, 0.1) is 19.3 Å². The number of halogens is 1. The van der Waals surface area contributed by atoms with Crippen molar-refractivity contribution in [1.29, 1.82) is 0 Å². The molecule has 114 valence electrons. The van der Waals surface area contributed by atoms with Crippen molar-refractivity contribution in [3.63, 3.8) is 0 Å². The van der Waals surface area contributed by atoms with E-state index in [1.54, 1.807) is 17.7 Å². The van der Waals surface area contributed by atoms with Gasteiger partial charge in [-0.15, -0.1) is 0 Å². The average Bonchev–Trinajstić information content (AvgIpc) is 2.83. The number of pyridine rings is 1. The highest BCUT2D eigenvalue weighted by Crippen LogP contribution is 2.21. The Morgan fingerprint density at radius 1 is 1.33 bits per heavy atom. The molecule has 2 aromatic rings. The Bertz CT molecular complexity index is 741. The highest BCUT2D eigenvalue weighted by molar-refractivity contribution is 8.13. The van der Waals surface area contributed by atoms with Gasteiger partial charge in [-0.05, 0) is 6.07 Å². The van der Waals surface area contributed by atoms with Crippen LogP contribution in [0.5, 0.6) is 5.88 Å². The Balaban J connectivity index is 2.40. The third-order valence-electron chi connectivity index (χ3n) is 2.87. The summed E-state index contributed by atoms with van der Waals surface area (Å²) >= 11 is 0. The predicted molar refractivity (Wildman–Crippen MR) is 79.2 cm³/mol. The van der Waals surface area contributed by atoms with Gasteiger partial charge in [0.1, 0.15) is 5.82 Å². The second-order valence-corrected chi connectivity index (χ2v) is 7.34. The molecule has 0 N–H and O–H groups in total. The second kappa shape index (κ2) is 6.03. The van der Waals surface area contributed by atoms with Crippen LogP contribution in [0.3, 0.4) is 0 Å². The van der Waals surface area contributed by atoms with E-state index in [1.807, 2.05) is 26.0 Å². The fourth-order valence-electron chi connectivity index (χ4n) is 1.94. The van der Waals surface area contributed by atoms with Gasteiger partial charge in [0.2, 0.25) is 5.88 Å². The summed E-state index contributed by atoms with van der Waals surface area (Å²) in [7, 11) is 3.05. The highest BCUT2D eigenvalue weighted by Gasteiger charge is 2.19. The Kier molecular flexibility index (Phi) is 4.53. The summed E-state index contributed by atoms with van der Waals surface area (Å²) in [6.45, 7) is 4.26. The molecule has 0 aliphatic carbocycles. The van der Waals surface area contributed by atoms with Crippen molar-refractivity contribution in [2.45, 2.75) is 31.3 Å². The molecule has 0 spiro atoms. The molecule has 0 aliphatic heterocycles. The standard InChI is InChI=1S/C13H16ClN3O3S/c1-9(2)13-16-12(21(14,18)19)8-17(13)7-10-5-4-6-11(15-10)20-3/h4-6,8-9H,7H2,1-3H3. The molecule has 0 amide bonds. The third-order valence-corrected chi connectivity index (χ3v) is 4.04. The normalized spacial score (nSPS) is 11.9. The average molecular weight is 330 g/mol. The number of aromatic nitrogens is 3. The lowest BCUT2D eigenvalue weighted by Crippen LogP contribution is -2.07. The van der Waals surface area contributed by atoms with E-state index in [2.05, 4.69) is 9.97 Å². The first-order valence-electron chi connectivity index (χ1n) is 6.33. The van der Waals surface area contributed by atoms with Crippen LogP contribution in [0.25, 0.3) is 0 Å². The predicted octanol–water partition coefficient (Wildman–Crippen LogP) is 2.39. The van der Waals surface area contributed by atoms with Crippen molar-refractivity contribution in [1.82, 2.24) is 14.5 Å². The number of methoxy groups -OCH3 is 1. The molecular formula is C13H16ClN3O3S. The fourth-order valence-corrected chi connectivity index (χ4v) is 2.62. The first-order chi connectivity index (χ1) is 9.81. The lowest BCUT2D eigenvalue weighted by Gasteiger charge is -2.10.